The number of nitrogens with zero attached hydrogens (tertiary/aromatic N) is 1. The monoisotopic (exact) mass is 293 g/mol. The second-order valence-electron chi connectivity index (χ2n) is 4.85. The van der Waals surface area contributed by atoms with E-state index in [-0.39, 0.29) is 0 Å². The summed E-state index contributed by atoms with van der Waals surface area (Å²) in [5.74, 6) is 0.704. The van der Waals surface area contributed by atoms with E-state index in [2.05, 4.69) is 9.97 Å². The number of hydrogen-bond acceptors (Lipinski definition) is 3. The number of ether oxygens (including phenoxy) is 1. The van der Waals surface area contributed by atoms with Crippen LogP contribution < -0.4 is 10.5 Å². The number of carbonyl (C=O) groups is 1. The number of aromatic amines is 1. The topological polar surface area (TPSA) is 81.0 Å². The van der Waals surface area contributed by atoms with Crippen molar-refractivity contribution < 1.29 is 9.53 Å². The normalized spacial score (nSPS) is 10.4. The van der Waals surface area contributed by atoms with E-state index in [1.807, 2.05) is 43.3 Å². The largest absolute Gasteiger partial charge is 0.438 e. The first-order chi connectivity index (χ1) is 10.6. The van der Waals surface area contributed by atoms with Gasteiger partial charge < -0.3 is 15.5 Å². The summed E-state index contributed by atoms with van der Waals surface area (Å²) >= 11 is 0. The highest BCUT2D eigenvalue weighted by Crippen LogP contribution is 2.32. The van der Waals surface area contributed by atoms with Gasteiger partial charge in [-0.05, 0) is 31.2 Å². The van der Waals surface area contributed by atoms with Gasteiger partial charge in [0.25, 0.3) is 5.91 Å². The number of amides is 1. The predicted octanol–water partition coefficient (Wildman–Crippen LogP) is 3.28. The van der Waals surface area contributed by atoms with Gasteiger partial charge in [0.1, 0.15) is 5.75 Å². The highest BCUT2D eigenvalue weighted by molar-refractivity contribution is 5.95. The summed E-state index contributed by atoms with van der Waals surface area (Å²) in [6.07, 6.45) is 1.67. The number of rotatable bonds is 4. The molecule has 0 fully saturated rings. The minimum absolute atomic E-state index is 0.455. The van der Waals surface area contributed by atoms with E-state index in [0.717, 1.165) is 17.0 Å². The number of aryl methyl sites for hydroxylation is 1. The second kappa shape index (κ2) is 5.73. The van der Waals surface area contributed by atoms with Crippen LogP contribution in [0, 0.1) is 6.92 Å². The van der Waals surface area contributed by atoms with Gasteiger partial charge in [0.2, 0.25) is 5.88 Å². The maximum atomic E-state index is 11.4. The summed E-state index contributed by atoms with van der Waals surface area (Å²) in [4.78, 5) is 18.7. The van der Waals surface area contributed by atoms with E-state index >= 15 is 0 Å². The zero-order valence-corrected chi connectivity index (χ0v) is 12.0. The first-order valence-corrected chi connectivity index (χ1v) is 6.83. The molecule has 2 aromatic heterocycles. The van der Waals surface area contributed by atoms with Crippen LogP contribution in [0.5, 0.6) is 11.6 Å². The molecule has 0 spiro atoms. The molecule has 22 heavy (non-hydrogen) atoms. The fourth-order valence-corrected chi connectivity index (χ4v) is 2.26. The molecule has 1 aromatic carbocycles. The summed E-state index contributed by atoms with van der Waals surface area (Å²) in [7, 11) is 0. The van der Waals surface area contributed by atoms with Crippen molar-refractivity contribution >= 4 is 5.91 Å². The summed E-state index contributed by atoms with van der Waals surface area (Å²) in [6.45, 7) is 1.81. The lowest BCUT2D eigenvalue weighted by molar-refractivity contribution is 0.1000. The zero-order valence-electron chi connectivity index (χ0n) is 12.0. The molecule has 0 saturated heterocycles. The minimum atomic E-state index is -0.455. The molecule has 110 valence electrons. The standard InChI is InChI=1S/C17H15N3O2/c1-11-13(17(18)21)10-14(20-11)12-6-2-3-7-15(12)22-16-8-4-5-9-19-16/h2-10,20H,1H3,(H2,18,21). The number of H-pyrrole nitrogens is 1. The molecule has 0 unspecified atom stereocenters. The Labute approximate surface area is 127 Å². The molecule has 0 aliphatic heterocycles. The van der Waals surface area contributed by atoms with Gasteiger partial charge in [0, 0.05) is 23.5 Å². The Kier molecular flexibility index (Phi) is 3.62. The average Bonchev–Trinajstić information content (AvgIpc) is 2.91. The van der Waals surface area contributed by atoms with Crippen molar-refractivity contribution in [2.45, 2.75) is 6.92 Å². The molecular weight excluding hydrogens is 278 g/mol. The Morgan fingerprint density at radius 3 is 2.64 bits per heavy atom. The Balaban J connectivity index is 2.01. The average molecular weight is 293 g/mol. The summed E-state index contributed by atoms with van der Waals surface area (Å²) in [5, 5.41) is 0. The smallest absolute Gasteiger partial charge is 0.250 e. The predicted molar refractivity (Wildman–Crippen MR) is 83.8 cm³/mol. The number of benzene rings is 1. The van der Waals surface area contributed by atoms with Gasteiger partial charge in [0.15, 0.2) is 0 Å². The lowest BCUT2D eigenvalue weighted by atomic mass is 10.1. The molecule has 3 aromatic rings. The third-order valence-electron chi connectivity index (χ3n) is 3.31. The van der Waals surface area contributed by atoms with Gasteiger partial charge in [0.05, 0.1) is 11.3 Å². The third-order valence-corrected chi connectivity index (χ3v) is 3.31. The molecule has 5 nitrogen and oxygen atoms in total. The molecule has 0 saturated carbocycles. The van der Waals surface area contributed by atoms with Crippen molar-refractivity contribution in [1.29, 1.82) is 0 Å². The lowest BCUT2D eigenvalue weighted by Crippen LogP contribution is -2.10. The van der Waals surface area contributed by atoms with Crippen LogP contribution in [0.4, 0.5) is 0 Å². The Morgan fingerprint density at radius 1 is 1.18 bits per heavy atom. The molecular formula is C17H15N3O2. The van der Waals surface area contributed by atoms with Crippen LogP contribution in [0.25, 0.3) is 11.3 Å². The molecule has 3 N–H and O–H groups in total. The minimum Gasteiger partial charge on any atom is -0.438 e. The number of hydrogen-bond donors (Lipinski definition) is 2. The zero-order chi connectivity index (χ0) is 15.5. The molecule has 0 aliphatic carbocycles. The number of carbonyl (C=O) groups excluding carboxylic acids is 1. The van der Waals surface area contributed by atoms with E-state index < -0.39 is 5.91 Å². The van der Waals surface area contributed by atoms with Crippen LogP contribution in [-0.4, -0.2) is 15.9 Å². The Morgan fingerprint density at radius 2 is 1.95 bits per heavy atom. The highest BCUT2D eigenvalue weighted by atomic mass is 16.5. The van der Waals surface area contributed by atoms with Gasteiger partial charge in [-0.3, -0.25) is 4.79 Å². The second-order valence-corrected chi connectivity index (χ2v) is 4.85. The summed E-state index contributed by atoms with van der Waals surface area (Å²) < 4.78 is 5.83. The third kappa shape index (κ3) is 2.69. The fraction of sp³-hybridized carbons (Fsp3) is 0.0588. The molecule has 0 atom stereocenters. The van der Waals surface area contributed by atoms with Crippen LogP contribution in [0.3, 0.4) is 0 Å². The molecule has 0 bridgehead atoms. The van der Waals surface area contributed by atoms with Crippen molar-refractivity contribution in [3.8, 4) is 22.9 Å². The van der Waals surface area contributed by atoms with Crippen LogP contribution in [0.2, 0.25) is 0 Å². The van der Waals surface area contributed by atoms with E-state index in [1.54, 1.807) is 18.3 Å². The molecule has 0 radical (unpaired) electrons. The molecule has 0 aliphatic rings. The van der Waals surface area contributed by atoms with Crippen LogP contribution in [0.1, 0.15) is 16.1 Å². The van der Waals surface area contributed by atoms with Crippen LogP contribution >= 0.6 is 0 Å². The molecule has 3 rings (SSSR count). The van der Waals surface area contributed by atoms with Gasteiger partial charge >= 0.3 is 0 Å². The summed E-state index contributed by atoms with van der Waals surface area (Å²) in [5.41, 5.74) is 8.19. The van der Waals surface area contributed by atoms with Crippen molar-refractivity contribution in [2.24, 2.45) is 5.73 Å². The Bertz CT molecular complexity index is 810. The summed E-state index contributed by atoms with van der Waals surface area (Å²) in [6, 6.07) is 14.7. The van der Waals surface area contributed by atoms with Gasteiger partial charge in [-0.2, -0.15) is 0 Å². The van der Waals surface area contributed by atoms with Crippen LogP contribution in [-0.2, 0) is 0 Å². The number of para-hydroxylation sites is 1. The van der Waals surface area contributed by atoms with E-state index in [1.165, 1.54) is 0 Å². The highest BCUT2D eigenvalue weighted by Gasteiger charge is 2.14. The fourth-order valence-electron chi connectivity index (χ4n) is 2.26. The van der Waals surface area contributed by atoms with Crippen LogP contribution in [0.15, 0.2) is 54.7 Å². The number of primary amides is 1. The van der Waals surface area contributed by atoms with Crippen molar-refractivity contribution in [2.75, 3.05) is 0 Å². The van der Waals surface area contributed by atoms with Crippen molar-refractivity contribution in [3.63, 3.8) is 0 Å². The van der Waals surface area contributed by atoms with Crippen molar-refractivity contribution in [3.05, 3.63) is 66.0 Å². The number of nitrogens with two attached hydrogens (primary N) is 1. The quantitative estimate of drug-likeness (QED) is 0.774. The molecule has 2 heterocycles. The van der Waals surface area contributed by atoms with Gasteiger partial charge in [-0.1, -0.05) is 18.2 Å². The number of nitrogens with one attached hydrogen (secondary N) is 1. The molecule has 1 amide bonds. The Hall–Kier alpha value is -3.08. The number of aromatic nitrogens is 2. The van der Waals surface area contributed by atoms with E-state index in [9.17, 15) is 4.79 Å². The lowest BCUT2D eigenvalue weighted by Gasteiger charge is -2.09. The van der Waals surface area contributed by atoms with Crippen molar-refractivity contribution in [1.82, 2.24) is 9.97 Å². The number of pyridine rings is 1. The molecule has 5 heteroatoms. The maximum Gasteiger partial charge on any atom is 0.250 e. The SMILES string of the molecule is Cc1[nH]c(-c2ccccc2Oc2ccccn2)cc1C(N)=O. The first kappa shape index (κ1) is 13.9. The first-order valence-electron chi connectivity index (χ1n) is 6.83. The van der Waals surface area contributed by atoms with E-state index in [0.29, 0.717) is 17.2 Å². The van der Waals surface area contributed by atoms with Gasteiger partial charge in [-0.25, -0.2) is 4.98 Å². The maximum absolute atomic E-state index is 11.4. The van der Waals surface area contributed by atoms with E-state index in [4.69, 9.17) is 10.5 Å². The van der Waals surface area contributed by atoms with Gasteiger partial charge in [-0.15, -0.1) is 0 Å².